The Labute approximate surface area is 115 Å². The highest BCUT2D eigenvalue weighted by molar-refractivity contribution is 6.42. The first-order valence-electron chi connectivity index (χ1n) is 5.44. The number of guanidine groups is 2. The van der Waals surface area contributed by atoms with Crippen LogP contribution in [0.3, 0.4) is 0 Å². The molecule has 18 heavy (non-hydrogen) atoms. The molecular formula is C11H13Cl2N5. The van der Waals surface area contributed by atoms with Gasteiger partial charge < -0.3 is 11.5 Å². The summed E-state index contributed by atoms with van der Waals surface area (Å²) in [6, 6.07) is 5.25. The zero-order valence-electron chi connectivity index (χ0n) is 9.77. The van der Waals surface area contributed by atoms with Crippen LogP contribution in [0.15, 0.2) is 28.2 Å². The summed E-state index contributed by atoms with van der Waals surface area (Å²) in [4.78, 5) is 9.98. The van der Waals surface area contributed by atoms with Crippen LogP contribution in [-0.2, 0) is 0 Å². The predicted molar refractivity (Wildman–Crippen MR) is 76.3 cm³/mol. The summed E-state index contributed by atoms with van der Waals surface area (Å²) >= 11 is 11.9. The van der Waals surface area contributed by atoms with Gasteiger partial charge in [-0.2, -0.15) is 4.99 Å². The molecule has 1 aromatic carbocycles. The molecule has 1 heterocycles. The van der Waals surface area contributed by atoms with Crippen LogP contribution in [0, 0.1) is 0 Å². The van der Waals surface area contributed by atoms with Gasteiger partial charge >= 0.3 is 0 Å². The fourth-order valence-electron chi connectivity index (χ4n) is 1.78. The van der Waals surface area contributed by atoms with Gasteiger partial charge in [0.05, 0.1) is 10.0 Å². The summed E-state index contributed by atoms with van der Waals surface area (Å²) < 4.78 is 0. The molecule has 0 aromatic heterocycles. The van der Waals surface area contributed by atoms with E-state index in [0.29, 0.717) is 16.0 Å². The molecule has 0 saturated heterocycles. The first-order chi connectivity index (χ1) is 8.52. The Morgan fingerprint density at radius 3 is 2.61 bits per heavy atom. The van der Waals surface area contributed by atoms with Crippen molar-refractivity contribution < 1.29 is 0 Å². The second kappa shape index (κ2) is 5.04. The Balaban J connectivity index is 2.42. The minimum atomic E-state index is -0.181. The highest BCUT2D eigenvalue weighted by atomic mass is 35.5. The molecule has 0 bridgehead atoms. The monoisotopic (exact) mass is 285 g/mol. The molecule has 96 valence electrons. The molecule has 7 heteroatoms. The number of hydrogen-bond donors (Lipinski definition) is 2. The highest BCUT2D eigenvalue weighted by Gasteiger charge is 2.24. The number of nitrogens with zero attached hydrogens (tertiary/aromatic N) is 3. The van der Waals surface area contributed by atoms with Gasteiger partial charge in [0.15, 0.2) is 0 Å². The second-order valence-electron chi connectivity index (χ2n) is 3.81. The van der Waals surface area contributed by atoms with E-state index in [9.17, 15) is 0 Å². The topological polar surface area (TPSA) is 80.0 Å². The third-order valence-corrected chi connectivity index (χ3v) is 3.34. The SMILES string of the molecule is CCC1N=C(N)N=C(N)N1c1ccc(Cl)c(Cl)c1. The van der Waals surface area contributed by atoms with Crippen LogP contribution in [0.1, 0.15) is 13.3 Å². The number of aliphatic imine (C=N–C) groups is 2. The van der Waals surface area contributed by atoms with Gasteiger partial charge in [-0.05, 0) is 24.6 Å². The van der Waals surface area contributed by atoms with Gasteiger partial charge in [-0.1, -0.05) is 30.1 Å². The molecule has 0 aliphatic carbocycles. The normalized spacial score (nSPS) is 19.5. The molecule has 1 aromatic rings. The van der Waals surface area contributed by atoms with Crippen molar-refractivity contribution in [3.63, 3.8) is 0 Å². The van der Waals surface area contributed by atoms with Gasteiger partial charge in [0.25, 0.3) is 0 Å². The van der Waals surface area contributed by atoms with Crippen molar-refractivity contribution in [3.05, 3.63) is 28.2 Å². The quantitative estimate of drug-likeness (QED) is 0.874. The van der Waals surface area contributed by atoms with Crippen molar-refractivity contribution in [2.75, 3.05) is 4.90 Å². The van der Waals surface area contributed by atoms with Gasteiger partial charge in [-0.15, -0.1) is 0 Å². The van der Waals surface area contributed by atoms with E-state index >= 15 is 0 Å². The van der Waals surface area contributed by atoms with E-state index in [2.05, 4.69) is 9.98 Å². The van der Waals surface area contributed by atoms with Gasteiger partial charge in [-0.25, -0.2) is 4.99 Å². The van der Waals surface area contributed by atoms with Crippen molar-refractivity contribution in [1.29, 1.82) is 0 Å². The van der Waals surface area contributed by atoms with Crippen molar-refractivity contribution in [3.8, 4) is 0 Å². The van der Waals surface area contributed by atoms with Gasteiger partial charge in [0.1, 0.15) is 6.17 Å². The van der Waals surface area contributed by atoms with Gasteiger partial charge in [-0.3, -0.25) is 4.90 Å². The van der Waals surface area contributed by atoms with E-state index in [-0.39, 0.29) is 12.1 Å². The van der Waals surface area contributed by atoms with E-state index in [1.54, 1.807) is 17.0 Å². The van der Waals surface area contributed by atoms with Crippen LogP contribution in [0.5, 0.6) is 0 Å². The van der Waals surface area contributed by atoms with Crippen LogP contribution < -0.4 is 16.4 Å². The highest BCUT2D eigenvalue weighted by Crippen LogP contribution is 2.29. The van der Waals surface area contributed by atoms with Gasteiger partial charge in [0, 0.05) is 5.69 Å². The summed E-state index contributed by atoms with van der Waals surface area (Å²) in [6.07, 6.45) is 0.566. The molecule has 1 aliphatic rings. The summed E-state index contributed by atoms with van der Waals surface area (Å²) in [5.74, 6) is 0.489. The van der Waals surface area contributed by atoms with E-state index in [4.69, 9.17) is 34.7 Å². The Hall–Kier alpha value is -1.46. The largest absolute Gasteiger partial charge is 0.369 e. The summed E-state index contributed by atoms with van der Waals surface area (Å²) in [5.41, 5.74) is 12.3. The van der Waals surface area contributed by atoms with E-state index in [1.165, 1.54) is 0 Å². The van der Waals surface area contributed by atoms with E-state index < -0.39 is 0 Å². The lowest BCUT2D eigenvalue weighted by Crippen LogP contribution is -2.48. The number of anilines is 1. The Morgan fingerprint density at radius 1 is 1.28 bits per heavy atom. The fraction of sp³-hybridized carbons (Fsp3) is 0.273. The lowest BCUT2D eigenvalue weighted by Gasteiger charge is -2.32. The average molecular weight is 286 g/mol. The number of benzene rings is 1. The molecule has 5 nitrogen and oxygen atoms in total. The lowest BCUT2D eigenvalue weighted by atomic mass is 10.2. The molecule has 1 aliphatic heterocycles. The molecular weight excluding hydrogens is 273 g/mol. The third kappa shape index (κ3) is 2.37. The van der Waals surface area contributed by atoms with Gasteiger partial charge in [0.2, 0.25) is 11.9 Å². The van der Waals surface area contributed by atoms with E-state index in [1.807, 2.05) is 13.0 Å². The summed E-state index contributed by atoms with van der Waals surface area (Å²) in [7, 11) is 0. The third-order valence-electron chi connectivity index (χ3n) is 2.60. The Bertz CT molecular complexity index is 526. The minimum absolute atomic E-state index is 0.181. The molecule has 0 radical (unpaired) electrons. The molecule has 2 rings (SSSR count). The van der Waals surface area contributed by atoms with Crippen molar-refractivity contribution in [2.45, 2.75) is 19.5 Å². The first-order valence-corrected chi connectivity index (χ1v) is 6.20. The first kappa shape index (κ1) is 13.0. The maximum absolute atomic E-state index is 6.00. The standard InChI is InChI=1S/C11H13Cl2N5/c1-2-9-16-10(14)17-11(15)18(9)6-3-4-7(12)8(13)5-6/h3-5,9H,2H2,1H3,(H4,14,15,16,17). The van der Waals surface area contributed by atoms with Crippen LogP contribution in [0.2, 0.25) is 10.0 Å². The zero-order chi connectivity index (χ0) is 13.3. The number of halogens is 2. The Kier molecular flexibility index (Phi) is 3.63. The molecule has 1 atom stereocenters. The molecule has 0 saturated carbocycles. The molecule has 0 amide bonds. The maximum atomic E-state index is 6.00. The van der Waals surface area contributed by atoms with Crippen LogP contribution in [0.25, 0.3) is 0 Å². The number of rotatable bonds is 2. The number of hydrogen-bond acceptors (Lipinski definition) is 5. The lowest BCUT2D eigenvalue weighted by molar-refractivity contribution is 0.660. The van der Waals surface area contributed by atoms with Crippen LogP contribution in [0.4, 0.5) is 5.69 Å². The van der Waals surface area contributed by atoms with Crippen molar-refractivity contribution in [2.24, 2.45) is 21.5 Å². The number of nitrogens with two attached hydrogens (primary N) is 2. The predicted octanol–water partition coefficient (Wildman–Crippen LogP) is 2.18. The second-order valence-corrected chi connectivity index (χ2v) is 4.63. The Morgan fingerprint density at radius 2 is 2.00 bits per heavy atom. The molecule has 0 spiro atoms. The van der Waals surface area contributed by atoms with Crippen molar-refractivity contribution >= 4 is 40.8 Å². The van der Waals surface area contributed by atoms with Crippen LogP contribution >= 0.6 is 23.2 Å². The fourth-order valence-corrected chi connectivity index (χ4v) is 2.07. The molecule has 0 fully saturated rings. The smallest absolute Gasteiger partial charge is 0.220 e. The zero-order valence-corrected chi connectivity index (χ0v) is 11.3. The summed E-state index contributed by atoms with van der Waals surface area (Å²) in [5, 5.41) is 0.948. The maximum Gasteiger partial charge on any atom is 0.220 e. The summed E-state index contributed by atoms with van der Waals surface area (Å²) in [6.45, 7) is 1.99. The minimum Gasteiger partial charge on any atom is -0.369 e. The molecule has 1 unspecified atom stereocenters. The van der Waals surface area contributed by atoms with Crippen LogP contribution in [-0.4, -0.2) is 18.1 Å². The average Bonchev–Trinajstić information content (AvgIpc) is 2.32. The van der Waals surface area contributed by atoms with Crippen molar-refractivity contribution in [1.82, 2.24) is 0 Å². The molecule has 4 N–H and O–H groups in total. The van der Waals surface area contributed by atoms with E-state index in [0.717, 1.165) is 12.1 Å².